The Balaban J connectivity index is 1.08. The summed E-state index contributed by atoms with van der Waals surface area (Å²) < 4.78 is 17.1. The fraction of sp³-hybridized carbons (Fsp3) is 0.600. The monoisotopic (exact) mass is 684 g/mol. The summed E-state index contributed by atoms with van der Waals surface area (Å²) in [5.41, 5.74) is 4.43. The van der Waals surface area contributed by atoms with Gasteiger partial charge in [0.05, 0.1) is 7.11 Å². The van der Waals surface area contributed by atoms with E-state index in [4.69, 9.17) is 23.9 Å². The Kier molecular flexibility index (Phi) is 9.67. The summed E-state index contributed by atoms with van der Waals surface area (Å²) in [5.74, 6) is 2.54. The molecular weight excluding hydrogens is 632 g/mol. The van der Waals surface area contributed by atoms with Crippen molar-refractivity contribution in [3.05, 3.63) is 59.8 Å². The molecule has 1 N–H and O–H groups in total. The van der Waals surface area contributed by atoms with E-state index < -0.39 is 0 Å². The van der Waals surface area contributed by atoms with Crippen molar-refractivity contribution in [1.82, 2.24) is 14.9 Å². The molecule has 4 saturated carbocycles. The molecule has 8 rings (SSSR count). The molecule has 1 saturated heterocycles. The number of anilines is 1. The second kappa shape index (κ2) is 14.0. The quantitative estimate of drug-likeness (QED) is 0.235. The van der Waals surface area contributed by atoms with E-state index >= 15 is 0 Å². The third kappa shape index (κ3) is 6.75. The number of amides is 2. The molecule has 1 aliphatic heterocycles. The normalized spacial score (nSPS) is 26.5. The SMILES string of the molecule is COc1ccc(C23CCC(CN(C(=O)C4CCC(OC(=O)N5CC(CO)C5)CC4)c4cc(-c5coc(C(C)C)n5)ccn4)(CC2)CC3)cc1C. The van der Waals surface area contributed by atoms with Gasteiger partial charge in [0.25, 0.3) is 0 Å². The Labute approximate surface area is 295 Å². The van der Waals surface area contributed by atoms with E-state index in [0.29, 0.717) is 57.0 Å². The van der Waals surface area contributed by atoms with Crippen LogP contribution in [0.3, 0.4) is 0 Å². The van der Waals surface area contributed by atoms with Crippen molar-refractivity contribution in [2.24, 2.45) is 17.3 Å². The molecule has 3 aromatic rings. The van der Waals surface area contributed by atoms with Gasteiger partial charge in [0.15, 0.2) is 5.89 Å². The van der Waals surface area contributed by atoms with E-state index in [1.807, 2.05) is 17.0 Å². The van der Waals surface area contributed by atoms with E-state index in [-0.39, 0.29) is 53.3 Å². The molecule has 2 aromatic heterocycles. The summed E-state index contributed by atoms with van der Waals surface area (Å²) in [6.45, 7) is 8.05. The number of hydrogen-bond donors (Lipinski definition) is 1. The second-order valence-corrected chi connectivity index (χ2v) is 15.8. The minimum atomic E-state index is -0.310. The van der Waals surface area contributed by atoms with Crippen molar-refractivity contribution in [2.75, 3.05) is 38.3 Å². The van der Waals surface area contributed by atoms with Gasteiger partial charge < -0.3 is 23.9 Å². The topological polar surface area (TPSA) is 118 Å². The van der Waals surface area contributed by atoms with Crippen LogP contribution in [0.2, 0.25) is 0 Å². The first-order valence-corrected chi connectivity index (χ1v) is 18.6. The van der Waals surface area contributed by atoms with E-state index in [9.17, 15) is 14.7 Å². The third-order valence-electron chi connectivity index (χ3n) is 12.3. The molecule has 0 atom stereocenters. The average Bonchev–Trinajstić information content (AvgIpc) is 3.62. The maximum absolute atomic E-state index is 14.6. The van der Waals surface area contributed by atoms with Gasteiger partial charge in [-0.15, -0.1) is 0 Å². The van der Waals surface area contributed by atoms with Gasteiger partial charge in [-0.05, 0) is 111 Å². The van der Waals surface area contributed by atoms with Crippen LogP contribution in [0.4, 0.5) is 10.6 Å². The highest BCUT2D eigenvalue weighted by Crippen LogP contribution is 2.58. The van der Waals surface area contributed by atoms with Crippen LogP contribution in [0.25, 0.3) is 11.3 Å². The Bertz CT molecular complexity index is 1660. The zero-order valence-electron chi connectivity index (χ0n) is 30.0. The molecule has 5 aliphatic rings. The number of nitrogens with zero attached hydrogens (tertiary/aromatic N) is 4. The first-order valence-electron chi connectivity index (χ1n) is 18.6. The number of hydrogen-bond acceptors (Lipinski definition) is 8. The minimum Gasteiger partial charge on any atom is -0.496 e. The van der Waals surface area contributed by atoms with Crippen molar-refractivity contribution in [3.8, 4) is 17.0 Å². The van der Waals surface area contributed by atoms with Gasteiger partial charge in [-0.3, -0.25) is 9.69 Å². The van der Waals surface area contributed by atoms with Crippen molar-refractivity contribution in [2.45, 2.75) is 102 Å². The van der Waals surface area contributed by atoms with Crippen molar-refractivity contribution >= 4 is 17.8 Å². The van der Waals surface area contributed by atoms with Crippen LogP contribution < -0.4 is 9.64 Å². The number of carbonyl (C=O) groups is 2. The van der Waals surface area contributed by atoms with Crippen LogP contribution in [-0.2, 0) is 14.9 Å². The molecule has 5 fully saturated rings. The van der Waals surface area contributed by atoms with E-state index in [2.05, 4.69) is 39.0 Å². The van der Waals surface area contributed by atoms with E-state index in [0.717, 1.165) is 55.5 Å². The van der Waals surface area contributed by atoms with Crippen LogP contribution >= 0.6 is 0 Å². The van der Waals surface area contributed by atoms with Crippen molar-refractivity contribution in [3.63, 3.8) is 0 Å². The largest absolute Gasteiger partial charge is 0.496 e. The zero-order valence-corrected chi connectivity index (χ0v) is 30.0. The van der Waals surface area contributed by atoms with Crippen molar-refractivity contribution < 1.29 is 28.6 Å². The minimum absolute atomic E-state index is 0.0334. The van der Waals surface area contributed by atoms with Gasteiger partial charge in [-0.25, -0.2) is 14.8 Å². The van der Waals surface area contributed by atoms with Crippen LogP contribution in [0.1, 0.15) is 101 Å². The number of aromatic nitrogens is 2. The molecule has 10 nitrogen and oxygen atoms in total. The molecule has 2 bridgehead atoms. The number of aliphatic hydroxyl groups excluding tert-OH is 1. The molecule has 1 aromatic carbocycles. The highest BCUT2D eigenvalue weighted by Gasteiger charge is 2.51. The van der Waals surface area contributed by atoms with Gasteiger partial charge in [-0.2, -0.15) is 0 Å². The van der Waals surface area contributed by atoms with Crippen LogP contribution in [0, 0.1) is 24.2 Å². The predicted octanol–water partition coefficient (Wildman–Crippen LogP) is 7.42. The number of pyridine rings is 1. The zero-order chi connectivity index (χ0) is 35.0. The summed E-state index contributed by atoms with van der Waals surface area (Å²) in [4.78, 5) is 40.4. The van der Waals surface area contributed by atoms with Gasteiger partial charge in [0.2, 0.25) is 5.91 Å². The van der Waals surface area contributed by atoms with Crippen LogP contribution in [-0.4, -0.2) is 71.4 Å². The molecule has 3 heterocycles. The molecule has 4 aliphatic carbocycles. The van der Waals surface area contributed by atoms with E-state index in [1.54, 1.807) is 24.5 Å². The lowest BCUT2D eigenvalue weighted by Gasteiger charge is -2.55. The maximum atomic E-state index is 14.6. The first-order chi connectivity index (χ1) is 24.1. The Morgan fingerprint density at radius 3 is 2.38 bits per heavy atom. The predicted molar refractivity (Wildman–Crippen MR) is 190 cm³/mol. The van der Waals surface area contributed by atoms with E-state index in [1.165, 1.54) is 11.1 Å². The first kappa shape index (κ1) is 34.5. The number of benzene rings is 1. The molecule has 0 spiro atoms. The number of carbonyl (C=O) groups excluding carboxylic acids is 2. The van der Waals surface area contributed by atoms with Gasteiger partial charge in [0.1, 0.15) is 29.6 Å². The highest BCUT2D eigenvalue weighted by molar-refractivity contribution is 5.95. The number of likely N-dealkylation sites (tertiary alicyclic amines) is 1. The number of oxazole rings is 1. The number of aryl methyl sites for hydroxylation is 1. The average molecular weight is 685 g/mol. The smallest absolute Gasteiger partial charge is 0.410 e. The van der Waals surface area contributed by atoms with Gasteiger partial charge in [0, 0.05) is 55.8 Å². The van der Waals surface area contributed by atoms with Gasteiger partial charge in [-0.1, -0.05) is 26.0 Å². The lowest BCUT2D eigenvalue weighted by atomic mass is 9.51. The van der Waals surface area contributed by atoms with Crippen molar-refractivity contribution in [1.29, 1.82) is 0 Å². The van der Waals surface area contributed by atoms with Crippen LogP contribution in [0.15, 0.2) is 47.2 Å². The van der Waals surface area contributed by atoms with Gasteiger partial charge >= 0.3 is 6.09 Å². The Hall–Kier alpha value is -3.92. The summed E-state index contributed by atoms with van der Waals surface area (Å²) in [7, 11) is 1.73. The molecule has 50 heavy (non-hydrogen) atoms. The molecule has 268 valence electrons. The highest BCUT2D eigenvalue weighted by atomic mass is 16.6. The number of ether oxygens (including phenoxy) is 2. The number of fused-ring (bicyclic) bond motifs is 3. The Morgan fingerprint density at radius 1 is 1.04 bits per heavy atom. The fourth-order valence-electron chi connectivity index (χ4n) is 8.86. The summed E-state index contributed by atoms with van der Waals surface area (Å²) in [6.07, 6.45) is 12.1. The number of aliphatic hydroxyl groups is 1. The molecule has 2 amide bonds. The summed E-state index contributed by atoms with van der Waals surface area (Å²) in [5, 5.41) is 9.30. The third-order valence-corrected chi connectivity index (χ3v) is 12.3. The number of methoxy groups -OCH3 is 1. The molecule has 10 heteroatoms. The summed E-state index contributed by atoms with van der Waals surface area (Å²) >= 11 is 0. The molecule has 0 radical (unpaired) electrons. The lowest BCUT2D eigenvalue weighted by molar-refractivity contribution is -0.124. The second-order valence-electron chi connectivity index (χ2n) is 15.8. The number of rotatable bonds is 10. The Morgan fingerprint density at radius 2 is 1.76 bits per heavy atom. The van der Waals surface area contributed by atoms with Crippen LogP contribution in [0.5, 0.6) is 5.75 Å². The molecular formula is C40H52N4O6. The standard InChI is InChI=1S/C40H52N4O6/c1-26(2)36-42-33(24-49-36)30-11-18-41-35(20-30)44(37(46)29-5-8-32(9-6-29)50-38(47)43-21-28(22-43)23-45)25-39-12-15-40(16-13-39,17-14-39)31-7-10-34(48-4)27(3)19-31/h7,10-11,18-20,24,26,28-29,32,45H,5-6,8-9,12-17,21-23,25H2,1-4H3. The maximum Gasteiger partial charge on any atom is 0.410 e. The molecule has 0 unspecified atom stereocenters. The lowest BCUT2D eigenvalue weighted by Crippen LogP contribution is -2.52. The summed E-state index contributed by atoms with van der Waals surface area (Å²) in [6, 6.07) is 10.6. The fourth-order valence-corrected chi connectivity index (χ4v) is 8.86.